The van der Waals surface area contributed by atoms with Gasteiger partial charge in [-0.3, -0.25) is 0 Å². The van der Waals surface area contributed by atoms with Gasteiger partial charge in [-0.05, 0) is 26.0 Å². The Hall–Kier alpha value is -0.970. The molecule has 0 bridgehead atoms. The number of hydrogen-bond donors (Lipinski definition) is 1. The first-order chi connectivity index (χ1) is 8.76. The molecular weight excluding hydrogens is 289 g/mol. The lowest BCUT2D eigenvalue weighted by Gasteiger charge is -2.22. The number of benzene rings is 1. The fourth-order valence-electron chi connectivity index (χ4n) is 1.32. The summed E-state index contributed by atoms with van der Waals surface area (Å²) in [7, 11) is 1.61. The van der Waals surface area contributed by atoms with Gasteiger partial charge in [-0.1, -0.05) is 23.2 Å². The Morgan fingerprint density at radius 3 is 2.58 bits per heavy atom. The van der Waals surface area contributed by atoms with Crippen LogP contribution in [0.3, 0.4) is 0 Å². The molecule has 0 saturated heterocycles. The number of ether oxygens (including phenoxy) is 2. The third kappa shape index (κ3) is 4.56. The zero-order chi connectivity index (χ0) is 14.6. The number of nitrogens with two attached hydrogens (primary N) is 1. The van der Waals surface area contributed by atoms with Crippen LogP contribution < -0.4 is 5.73 Å². The first-order valence-electron chi connectivity index (χ1n) is 5.73. The van der Waals surface area contributed by atoms with Crippen LogP contribution in [0.5, 0.6) is 0 Å². The van der Waals surface area contributed by atoms with Gasteiger partial charge in [-0.2, -0.15) is 0 Å². The van der Waals surface area contributed by atoms with Gasteiger partial charge in [-0.15, -0.1) is 0 Å². The monoisotopic (exact) mass is 305 g/mol. The van der Waals surface area contributed by atoms with Crippen molar-refractivity contribution in [3.63, 3.8) is 0 Å². The second-order valence-corrected chi connectivity index (χ2v) is 5.54. The lowest BCUT2D eigenvalue weighted by Crippen LogP contribution is -2.25. The van der Waals surface area contributed by atoms with Crippen LogP contribution in [0.15, 0.2) is 12.1 Å². The number of methoxy groups -OCH3 is 1. The molecule has 2 N–H and O–H groups in total. The minimum Gasteiger partial charge on any atom is -0.462 e. The van der Waals surface area contributed by atoms with E-state index in [1.54, 1.807) is 7.11 Å². The minimum atomic E-state index is -0.547. The molecule has 0 amide bonds. The molecule has 1 rings (SSSR count). The predicted octanol–water partition coefficient (Wildman–Crippen LogP) is 3.55. The number of anilines is 1. The fraction of sp³-hybridized carbons (Fsp3) is 0.462. The summed E-state index contributed by atoms with van der Waals surface area (Å²) in [4.78, 5) is 11.9. The number of carbonyl (C=O) groups excluding carboxylic acids is 1. The van der Waals surface area contributed by atoms with Crippen molar-refractivity contribution < 1.29 is 14.3 Å². The Labute approximate surface area is 122 Å². The van der Waals surface area contributed by atoms with E-state index in [0.29, 0.717) is 11.4 Å². The number of carbonyl (C=O) groups is 1. The molecule has 1 aromatic carbocycles. The summed E-state index contributed by atoms with van der Waals surface area (Å²) in [6.45, 7) is 4.04. The van der Waals surface area contributed by atoms with E-state index in [4.69, 9.17) is 38.4 Å². The van der Waals surface area contributed by atoms with E-state index in [1.165, 1.54) is 12.1 Å². The summed E-state index contributed by atoms with van der Waals surface area (Å²) in [6, 6.07) is 2.91. The van der Waals surface area contributed by atoms with Crippen LogP contribution in [-0.2, 0) is 9.47 Å². The maximum absolute atomic E-state index is 11.9. The van der Waals surface area contributed by atoms with Gasteiger partial charge in [0.2, 0.25) is 0 Å². The lowest BCUT2D eigenvalue weighted by molar-refractivity contribution is -0.00559. The first-order valence-corrected chi connectivity index (χ1v) is 6.49. The van der Waals surface area contributed by atoms with Crippen LogP contribution in [0, 0.1) is 0 Å². The zero-order valence-electron chi connectivity index (χ0n) is 11.1. The van der Waals surface area contributed by atoms with Crippen molar-refractivity contribution >= 4 is 34.9 Å². The first kappa shape index (κ1) is 16.1. The Bertz CT molecular complexity index is 475. The van der Waals surface area contributed by atoms with Crippen molar-refractivity contribution in [1.82, 2.24) is 0 Å². The molecule has 1 aromatic rings. The maximum atomic E-state index is 11.9. The van der Waals surface area contributed by atoms with Gasteiger partial charge in [0, 0.05) is 18.6 Å². The van der Waals surface area contributed by atoms with E-state index in [2.05, 4.69) is 0 Å². The third-order valence-electron chi connectivity index (χ3n) is 2.80. The topological polar surface area (TPSA) is 61.5 Å². The van der Waals surface area contributed by atoms with Crippen LogP contribution >= 0.6 is 23.2 Å². The lowest BCUT2D eigenvalue weighted by atomic mass is 10.1. The molecule has 19 heavy (non-hydrogen) atoms. The van der Waals surface area contributed by atoms with E-state index < -0.39 is 5.97 Å². The molecule has 0 spiro atoms. The summed E-state index contributed by atoms with van der Waals surface area (Å²) < 4.78 is 10.4. The Balaban J connectivity index is 2.69. The number of nitrogen functional groups attached to an aromatic ring is 1. The van der Waals surface area contributed by atoms with Crippen molar-refractivity contribution in [2.24, 2.45) is 0 Å². The molecule has 0 heterocycles. The van der Waals surface area contributed by atoms with Crippen molar-refractivity contribution in [3.8, 4) is 0 Å². The van der Waals surface area contributed by atoms with Crippen LogP contribution in [0.4, 0.5) is 5.69 Å². The third-order valence-corrected chi connectivity index (χ3v) is 3.34. The second kappa shape index (κ2) is 6.46. The molecular formula is C13H17Cl2NO3. The smallest absolute Gasteiger partial charge is 0.340 e. The highest BCUT2D eigenvalue weighted by molar-refractivity contribution is 6.37. The van der Waals surface area contributed by atoms with Crippen LogP contribution in [0.1, 0.15) is 30.6 Å². The second-order valence-electron chi connectivity index (χ2n) is 4.70. The molecule has 106 valence electrons. The highest BCUT2D eigenvalue weighted by Gasteiger charge is 2.19. The van der Waals surface area contributed by atoms with E-state index in [9.17, 15) is 4.79 Å². The normalized spacial score (nSPS) is 11.4. The van der Waals surface area contributed by atoms with Gasteiger partial charge in [0.15, 0.2) is 0 Å². The molecule has 0 radical (unpaired) electrons. The Morgan fingerprint density at radius 2 is 2.00 bits per heavy atom. The zero-order valence-corrected chi connectivity index (χ0v) is 12.6. The molecule has 0 unspecified atom stereocenters. The molecule has 0 aliphatic rings. The van der Waals surface area contributed by atoms with E-state index in [1.807, 2.05) is 13.8 Å². The number of rotatable bonds is 5. The highest BCUT2D eigenvalue weighted by Crippen LogP contribution is 2.28. The minimum absolute atomic E-state index is 0.169. The maximum Gasteiger partial charge on any atom is 0.340 e. The quantitative estimate of drug-likeness (QED) is 0.667. The number of halogens is 2. The van der Waals surface area contributed by atoms with Gasteiger partial charge in [-0.25, -0.2) is 4.79 Å². The predicted molar refractivity (Wildman–Crippen MR) is 76.9 cm³/mol. The van der Waals surface area contributed by atoms with Crippen molar-refractivity contribution in [1.29, 1.82) is 0 Å². The Kier molecular flexibility index (Phi) is 5.47. The van der Waals surface area contributed by atoms with Crippen molar-refractivity contribution in [2.45, 2.75) is 25.9 Å². The Morgan fingerprint density at radius 1 is 1.37 bits per heavy atom. The van der Waals surface area contributed by atoms with Gasteiger partial charge in [0.1, 0.15) is 0 Å². The standard InChI is InChI=1S/C13H17Cl2NO3/c1-13(2,18-3)4-5-19-12(17)9-6-8(14)7-10(15)11(9)16/h6-7H,4-5,16H2,1-3H3. The van der Waals surface area contributed by atoms with E-state index in [0.717, 1.165) is 0 Å². The average Bonchev–Trinajstić information content (AvgIpc) is 2.33. The van der Waals surface area contributed by atoms with E-state index >= 15 is 0 Å². The average molecular weight is 306 g/mol. The molecule has 0 aromatic heterocycles. The number of esters is 1. The largest absolute Gasteiger partial charge is 0.462 e. The molecule has 0 atom stereocenters. The summed E-state index contributed by atoms with van der Waals surface area (Å²) in [5, 5.41) is 0.569. The molecule has 0 saturated carbocycles. The summed E-state index contributed by atoms with van der Waals surface area (Å²) in [5.41, 5.74) is 5.71. The summed E-state index contributed by atoms with van der Waals surface area (Å²) in [6.07, 6.45) is 0.573. The van der Waals surface area contributed by atoms with Gasteiger partial charge >= 0.3 is 5.97 Å². The van der Waals surface area contributed by atoms with Gasteiger partial charge in [0.25, 0.3) is 0 Å². The van der Waals surface area contributed by atoms with Gasteiger partial charge in [0.05, 0.1) is 28.5 Å². The molecule has 6 heteroatoms. The van der Waals surface area contributed by atoms with Gasteiger partial charge < -0.3 is 15.2 Å². The highest BCUT2D eigenvalue weighted by atomic mass is 35.5. The van der Waals surface area contributed by atoms with Crippen LogP contribution in [-0.4, -0.2) is 25.3 Å². The van der Waals surface area contributed by atoms with Crippen LogP contribution in [0.25, 0.3) is 0 Å². The summed E-state index contributed by atoms with van der Waals surface area (Å²) in [5.74, 6) is -0.547. The SMILES string of the molecule is COC(C)(C)CCOC(=O)c1cc(Cl)cc(Cl)c1N. The van der Waals surface area contributed by atoms with Crippen LogP contribution in [0.2, 0.25) is 10.0 Å². The van der Waals surface area contributed by atoms with E-state index in [-0.39, 0.29) is 28.5 Å². The number of hydrogen-bond acceptors (Lipinski definition) is 4. The molecule has 4 nitrogen and oxygen atoms in total. The van der Waals surface area contributed by atoms with Crippen molar-refractivity contribution in [3.05, 3.63) is 27.7 Å². The molecule has 0 aliphatic carbocycles. The summed E-state index contributed by atoms with van der Waals surface area (Å²) >= 11 is 11.7. The molecule has 0 aliphatic heterocycles. The molecule has 0 fully saturated rings. The fourth-order valence-corrected chi connectivity index (χ4v) is 1.82. The van der Waals surface area contributed by atoms with Crippen molar-refractivity contribution in [2.75, 3.05) is 19.5 Å².